The van der Waals surface area contributed by atoms with E-state index >= 15 is 0 Å². The van der Waals surface area contributed by atoms with Crippen molar-refractivity contribution in [1.82, 2.24) is 0 Å². The van der Waals surface area contributed by atoms with Gasteiger partial charge in [0.25, 0.3) is 5.91 Å². The molecule has 0 fully saturated rings. The lowest BCUT2D eigenvalue weighted by molar-refractivity contribution is -0.119. The van der Waals surface area contributed by atoms with E-state index in [1.54, 1.807) is 6.07 Å². The van der Waals surface area contributed by atoms with Crippen molar-refractivity contribution in [2.45, 2.75) is 0 Å². The molecule has 5 nitrogen and oxygen atoms in total. The summed E-state index contributed by atoms with van der Waals surface area (Å²) < 4.78 is 5.02. The highest BCUT2D eigenvalue weighted by Crippen LogP contribution is 2.23. The van der Waals surface area contributed by atoms with Crippen LogP contribution in [0.2, 0.25) is 5.02 Å². The maximum Gasteiger partial charge on any atom is 0.338 e. The minimum Gasteiger partial charge on any atom is -0.452 e. The van der Waals surface area contributed by atoms with Crippen LogP contribution in [0.4, 0.5) is 11.4 Å². The second-order valence-electron chi connectivity index (χ2n) is 5.39. The standard InChI is InChI=1S/C19H15ClN2O3/c20-15-9-8-13(10-16(15)21)19(24)25-11-18(23)22-17-7-3-5-12-4-1-2-6-14(12)17/h1-10H,11,21H2,(H,22,23). The number of fused-ring (bicyclic) bond motifs is 1. The van der Waals surface area contributed by atoms with Crippen molar-refractivity contribution in [2.24, 2.45) is 0 Å². The lowest BCUT2D eigenvalue weighted by atomic mass is 10.1. The second kappa shape index (κ2) is 7.23. The quantitative estimate of drug-likeness (QED) is 0.550. The van der Waals surface area contributed by atoms with Gasteiger partial charge in [0.05, 0.1) is 16.3 Å². The van der Waals surface area contributed by atoms with Crippen molar-refractivity contribution in [3.63, 3.8) is 0 Å². The Bertz CT molecular complexity index is 951. The second-order valence-corrected chi connectivity index (χ2v) is 5.79. The molecular weight excluding hydrogens is 340 g/mol. The van der Waals surface area contributed by atoms with E-state index in [0.29, 0.717) is 10.7 Å². The first-order valence-electron chi connectivity index (χ1n) is 7.54. The number of nitrogens with one attached hydrogen (secondary N) is 1. The van der Waals surface area contributed by atoms with Gasteiger partial charge in [0.2, 0.25) is 0 Å². The van der Waals surface area contributed by atoms with Gasteiger partial charge in [0.15, 0.2) is 6.61 Å². The van der Waals surface area contributed by atoms with Crippen LogP contribution in [-0.2, 0) is 9.53 Å². The molecule has 0 saturated heterocycles. The lowest BCUT2D eigenvalue weighted by Gasteiger charge is -2.09. The zero-order chi connectivity index (χ0) is 17.8. The number of halogens is 1. The summed E-state index contributed by atoms with van der Waals surface area (Å²) in [5, 5.41) is 5.02. The van der Waals surface area contributed by atoms with E-state index in [1.807, 2.05) is 36.4 Å². The monoisotopic (exact) mass is 354 g/mol. The zero-order valence-electron chi connectivity index (χ0n) is 13.2. The number of nitrogen functional groups attached to an aromatic ring is 1. The van der Waals surface area contributed by atoms with Crippen LogP contribution >= 0.6 is 11.6 Å². The molecule has 0 atom stereocenters. The molecule has 3 aromatic rings. The zero-order valence-corrected chi connectivity index (χ0v) is 13.9. The summed E-state index contributed by atoms with van der Waals surface area (Å²) in [5.74, 6) is -1.07. The Labute approximate surface area is 149 Å². The summed E-state index contributed by atoms with van der Waals surface area (Å²) in [6.07, 6.45) is 0. The topological polar surface area (TPSA) is 81.4 Å². The number of benzene rings is 3. The molecular formula is C19H15ClN2O3. The van der Waals surface area contributed by atoms with Crippen LogP contribution in [-0.4, -0.2) is 18.5 Å². The van der Waals surface area contributed by atoms with E-state index in [1.165, 1.54) is 18.2 Å². The number of carbonyl (C=O) groups excluding carboxylic acids is 2. The molecule has 0 aliphatic carbocycles. The summed E-state index contributed by atoms with van der Waals surface area (Å²) in [6.45, 7) is -0.398. The summed E-state index contributed by atoms with van der Waals surface area (Å²) in [6, 6.07) is 17.7. The highest BCUT2D eigenvalue weighted by Gasteiger charge is 2.12. The Balaban J connectivity index is 1.64. The largest absolute Gasteiger partial charge is 0.452 e. The predicted octanol–water partition coefficient (Wildman–Crippen LogP) is 3.87. The first kappa shape index (κ1) is 16.8. The van der Waals surface area contributed by atoms with Crippen LogP contribution in [0.3, 0.4) is 0 Å². The van der Waals surface area contributed by atoms with Gasteiger partial charge in [-0.15, -0.1) is 0 Å². The van der Waals surface area contributed by atoms with Gasteiger partial charge in [-0.25, -0.2) is 4.79 Å². The predicted molar refractivity (Wildman–Crippen MR) is 98.7 cm³/mol. The maximum atomic E-state index is 12.1. The summed E-state index contributed by atoms with van der Waals surface area (Å²) >= 11 is 5.81. The van der Waals surface area contributed by atoms with Crippen molar-refractivity contribution >= 4 is 45.6 Å². The summed E-state index contributed by atoms with van der Waals surface area (Å²) in [5.41, 5.74) is 6.82. The third-order valence-electron chi connectivity index (χ3n) is 3.63. The average molecular weight is 355 g/mol. The van der Waals surface area contributed by atoms with Crippen molar-refractivity contribution in [1.29, 1.82) is 0 Å². The number of anilines is 2. The van der Waals surface area contributed by atoms with Crippen LogP contribution in [0.25, 0.3) is 10.8 Å². The first-order chi connectivity index (χ1) is 12.0. The van der Waals surface area contributed by atoms with E-state index in [4.69, 9.17) is 22.1 Å². The Hall–Kier alpha value is -3.05. The van der Waals surface area contributed by atoms with Gasteiger partial charge in [-0.1, -0.05) is 48.0 Å². The van der Waals surface area contributed by atoms with Crippen LogP contribution in [0, 0.1) is 0 Å². The molecule has 0 aromatic heterocycles. The molecule has 25 heavy (non-hydrogen) atoms. The molecule has 0 spiro atoms. The molecule has 0 bridgehead atoms. The molecule has 3 rings (SSSR count). The Morgan fingerprint density at radius 3 is 2.60 bits per heavy atom. The molecule has 0 saturated carbocycles. The highest BCUT2D eigenvalue weighted by molar-refractivity contribution is 6.33. The average Bonchev–Trinajstić information content (AvgIpc) is 2.62. The van der Waals surface area contributed by atoms with Gasteiger partial charge in [-0.3, -0.25) is 4.79 Å². The van der Waals surface area contributed by atoms with Gasteiger partial charge in [0, 0.05) is 11.1 Å². The van der Waals surface area contributed by atoms with E-state index in [2.05, 4.69) is 5.32 Å². The SMILES string of the molecule is Nc1cc(C(=O)OCC(=O)Nc2cccc3ccccc23)ccc1Cl. The van der Waals surface area contributed by atoms with Gasteiger partial charge in [-0.05, 0) is 29.7 Å². The Kier molecular flexibility index (Phi) is 4.86. The van der Waals surface area contributed by atoms with Crippen LogP contribution in [0.1, 0.15) is 10.4 Å². The molecule has 3 N–H and O–H groups in total. The summed E-state index contributed by atoms with van der Waals surface area (Å²) in [4.78, 5) is 24.1. The number of carbonyl (C=O) groups is 2. The molecule has 0 unspecified atom stereocenters. The number of ether oxygens (including phenoxy) is 1. The third kappa shape index (κ3) is 3.89. The minimum atomic E-state index is -0.642. The smallest absolute Gasteiger partial charge is 0.338 e. The Morgan fingerprint density at radius 2 is 1.80 bits per heavy atom. The molecule has 126 valence electrons. The van der Waals surface area contributed by atoms with Crippen molar-refractivity contribution in [2.75, 3.05) is 17.7 Å². The minimum absolute atomic E-state index is 0.236. The summed E-state index contributed by atoms with van der Waals surface area (Å²) in [7, 11) is 0. The van der Waals surface area contributed by atoms with Gasteiger partial charge in [-0.2, -0.15) is 0 Å². The number of esters is 1. The van der Waals surface area contributed by atoms with Gasteiger partial charge >= 0.3 is 5.97 Å². The molecule has 1 amide bonds. The van der Waals surface area contributed by atoms with Gasteiger partial charge < -0.3 is 15.8 Å². The molecule has 0 aliphatic heterocycles. The maximum absolute atomic E-state index is 12.1. The number of amides is 1. The number of hydrogen-bond acceptors (Lipinski definition) is 4. The van der Waals surface area contributed by atoms with E-state index in [9.17, 15) is 9.59 Å². The molecule has 3 aromatic carbocycles. The van der Waals surface area contributed by atoms with Crippen molar-refractivity contribution < 1.29 is 14.3 Å². The van der Waals surface area contributed by atoms with E-state index < -0.39 is 18.5 Å². The normalized spacial score (nSPS) is 10.4. The number of hydrogen-bond donors (Lipinski definition) is 2. The fourth-order valence-corrected chi connectivity index (χ4v) is 2.52. The van der Waals surface area contributed by atoms with Crippen LogP contribution < -0.4 is 11.1 Å². The van der Waals surface area contributed by atoms with Gasteiger partial charge in [0.1, 0.15) is 0 Å². The molecule has 0 heterocycles. The number of nitrogens with two attached hydrogens (primary N) is 1. The van der Waals surface area contributed by atoms with Crippen LogP contribution in [0.15, 0.2) is 60.7 Å². The van der Waals surface area contributed by atoms with Crippen molar-refractivity contribution in [3.05, 3.63) is 71.2 Å². The lowest BCUT2D eigenvalue weighted by Crippen LogP contribution is -2.21. The van der Waals surface area contributed by atoms with E-state index in [-0.39, 0.29) is 11.3 Å². The third-order valence-corrected chi connectivity index (χ3v) is 3.97. The van der Waals surface area contributed by atoms with Crippen molar-refractivity contribution in [3.8, 4) is 0 Å². The first-order valence-corrected chi connectivity index (χ1v) is 7.92. The fourth-order valence-electron chi connectivity index (χ4n) is 2.41. The fraction of sp³-hybridized carbons (Fsp3) is 0.0526. The molecule has 0 radical (unpaired) electrons. The molecule has 0 aliphatic rings. The number of rotatable bonds is 4. The van der Waals surface area contributed by atoms with Crippen LogP contribution in [0.5, 0.6) is 0 Å². The molecule has 6 heteroatoms. The van der Waals surface area contributed by atoms with E-state index in [0.717, 1.165) is 10.8 Å². The highest BCUT2D eigenvalue weighted by atomic mass is 35.5. The Morgan fingerprint density at radius 1 is 1.04 bits per heavy atom.